The zero-order chi connectivity index (χ0) is 12.0. The second-order valence-electron chi connectivity index (χ2n) is 3.77. The SMILES string of the molecule is CCC[C@H](C)NC(=O)Nc1ccccc1Br. The number of amides is 2. The van der Waals surface area contributed by atoms with Gasteiger partial charge in [0.1, 0.15) is 0 Å². The van der Waals surface area contributed by atoms with E-state index < -0.39 is 0 Å². The van der Waals surface area contributed by atoms with Crippen molar-refractivity contribution in [3.63, 3.8) is 0 Å². The van der Waals surface area contributed by atoms with E-state index in [2.05, 4.69) is 33.5 Å². The fourth-order valence-corrected chi connectivity index (χ4v) is 1.83. The van der Waals surface area contributed by atoms with E-state index in [0.29, 0.717) is 0 Å². The van der Waals surface area contributed by atoms with E-state index >= 15 is 0 Å². The van der Waals surface area contributed by atoms with Crippen LogP contribution in [0, 0.1) is 0 Å². The van der Waals surface area contributed by atoms with Gasteiger partial charge in [0.15, 0.2) is 0 Å². The highest BCUT2D eigenvalue weighted by atomic mass is 79.9. The lowest BCUT2D eigenvalue weighted by Gasteiger charge is -2.14. The zero-order valence-corrected chi connectivity index (χ0v) is 11.2. The van der Waals surface area contributed by atoms with E-state index in [4.69, 9.17) is 0 Å². The highest BCUT2D eigenvalue weighted by Gasteiger charge is 2.07. The highest BCUT2D eigenvalue weighted by Crippen LogP contribution is 2.20. The van der Waals surface area contributed by atoms with Crippen LogP contribution in [0.5, 0.6) is 0 Å². The second kappa shape index (κ2) is 6.53. The number of carbonyl (C=O) groups excluding carboxylic acids is 1. The summed E-state index contributed by atoms with van der Waals surface area (Å²) in [5.74, 6) is 0. The van der Waals surface area contributed by atoms with Crippen molar-refractivity contribution in [2.75, 3.05) is 5.32 Å². The molecule has 4 heteroatoms. The van der Waals surface area contributed by atoms with Crippen molar-refractivity contribution in [2.24, 2.45) is 0 Å². The third kappa shape index (κ3) is 4.23. The molecule has 88 valence electrons. The predicted octanol–water partition coefficient (Wildman–Crippen LogP) is 3.76. The molecule has 16 heavy (non-hydrogen) atoms. The summed E-state index contributed by atoms with van der Waals surface area (Å²) in [4.78, 5) is 11.6. The molecule has 0 unspecified atom stereocenters. The van der Waals surface area contributed by atoms with Gasteiger partial charge in [0, 0.05) is 10.5 Å². The molecule has 1 aromatic rings. The van der Waals surface area contributed by atoms with Gasteiger partial charge in [0.05, 0.1) is 5.69 Å². The van der Waals surface area contributed by atoms with Crippen LogP contribution < -0.4 is 10.6 Å². The maximum atomic E-state index is 11.6. The number of urea groups is 1. The molecule has 2 amide bonds. The summed E-state index contributed by atoms with van der Waals surface area (Å²) in [6.45, 7) is 4.10. The first-order valence-corrected chi connectivity index (χ1v) is 6.24. The molecule has 0 aliphatic rings. The molecular formula is C12H17BrN2O. The number of halogens is 1. The van der Waals surface area contributed by atoms with Gasteiger partial charge in [-0.05, 0) is 41.4 Å². The first-order valence-electron chi connectivity index (χ1n) is 5.45. The van der Waals surface area contributed by atoms with Crippen LogP contribution in [-0.4, -0.2) is 12.1 Å². The van der Waals surface area contributed by atoms with Crippen LogP contribution in [0.2, 0.25) is 0 Å². The van der Waals surface area contributed by atoms with Crippen molar-refractivity contribution >= 4 is 27.6 Å². The van der Waals surface area contributed by atoms with Crippen molar-refractivity contribution in [3.8, 4) is 0 Å². The fourth-order valence-electron chi connectivity index (χ4n) is 1.45. The molecule has 0 fully saturated rings. The average Bonchev–Trinajstić information content (AvgIpc) is 2.21. The normalized spacial score (nSPS) is 11.9. The largest absolute Gasteiger partial charge is 0.335 e. The van der Waals surface area contributed by atoms with Crippen molar-refractivity contribution in [1.29, 1.82) is 0 Å². The summed E-state index contributed by atoms with van der Waals surface area (Å²) in [6.07, 6.45) is 2.06. The van der Waals surface area contributed by atoms with E-state index in [0.717, 1.165) is 23.0 Å². The fraction of sp³-hybridized carbons (Fsp3) is 0.417. The van der Waals surface area contributed by atoms with Crippen LogP contribution in [0.1, 0.15) is 26.7 Å². The van der Waals surface area contributed by atoms with Crippen LogP contribution in [0.4, 0.5) is 10.5 Å². The van der Waals surface area contributed by atoms with Gasteiger partial charge >= 0.3 is 6.03 Å². The third-order valence-electron chi connectivity index (χ3n) is 2.22. The maximum absolute atomic E-state index is 11.6. The molecule has 1 atom stereocenters. The van der Waals surface area contributed by atoms with Crippen LogP contribution in [0.25, 0.3) is 0 Å². The number of carbonyl (C=O) groups is 1. The molecular weight excluding hydrogens is 268 g/mol. The van der Waals surface area contributed by atoms with Gasteiger partial charge in [0.25, 0.3) is 0 Å². The Morgan fingerprint density at radius 1 is 1.44 bits per heavy atom. The predicted molar refractivity (Wildman–Crippen MR) is 70.7 cm³/mol. The molecule has 0 saturated carbocycles. The summed E-state index contributed by atoms with van der Waals surface area (Å²) < 4.78 is 0.883. The maximum Gasteiger partial charge on any atom is 0.319 e. The van der Waals surface area contributed by atoms with E-state index in [9.17, 15) is 4.79 Å². The van der Waals surface area contributed by atoms with E-state index in [1.54, 1.807) is 0 Å². The molecule has 0 aromatic heterocycles. The first kappa shape index (κ1) is 13.0. The highest BCUT2D eigenvalue weighted by molar-refractivity contribution is 9.10. The minimum Gasteiger partial charge on any atom is -0.335 e. The lowest BCUT2D eigenvalue weighted by molar-refractivity contribution is 0.248. The van der Waals surface area contributed by atoms with Gasteiger partial charge in [-0.25, -0.2) is 4.79 Å². The number of hydrogen-bond donors (Lipinski definition) is 2. The lowest BCUT2D eigenvalue weighted by Crippen LogP contribution is -2.36. The number of benzene rings is 1. The molecule has 0 bridgehead atoms. The van der Waals surface area contributed by atoms with Crippen molar-refractivity contribution in [3.05, 3.63) is 28.7 Å². The van der Waals surface area contributed by atoms with Gasteiger partial charge in [-0.15, -0.1) is 0 Å². The molecule has 1 aromatic carbocycles. The van der Waals surface area contributed by atoms with Crippen molar-refractivity contribution in [1.82, 2.24) is 5.32 Å². The average molecular weight is 285 g/mol. The zero-order valence-electron chi connectivity index (χ0n) is 9.59. The molecule has 0 aliphatic carbocycles. The quantitative estimate of drug-likeness (QED) is 0.869. The monoisotopic (exact) mass is 284 g/mol. The molecule has 1 rings (SSSR count). The van der Waals surface area contributed by atoms with Crippen LogP contribution in [0.15, 0.2) is 28.7 Å². The van der Waals surface area contributed by atoms with Crippen LogP contribution in [-0.2, 0) is 0 Å². The molecule has 0 heterocycles. The number of hydrogen-bond acceptors (Lipinski definition) is 1. The topological polar surface area (TPSA) is 41.1 Å². The summed E-state index contributed by atoms with van der Waals surface area (Å²) in [5, 5.41) is 5.69. The van der Waals surface area contributed by atoms with Gasteiger partial charge < -0.3 is 10.6 Å². The van der Waals surface area contributed by atoms with Crippen LogP contribution in [0.3, 0.4) is 0 Å². The molecule has 3 nitrogen and oxygen atoms in total. The summed E-state index contributed by atoms with van der Waals surface area (Å²) >= 11 is 3.38. The molecule has 0 aliphatic heterocycles. The van der Waals surface area contributed by atoms with E-state index in [1.807, 2.05) is 31.2 Å². The number of para-hydroxylation sites is 1. The molecule has 0 spiro atoms. The van der Waals surface area contributed by atoms with E-state index in [-0.39, 0.29) is 12.1 Å². The molecule has 0 radical (unpaired) electrons. The van der Waals surface area contributed by atoms with Gasteiger partial charge in [-0.3, -0.25) is 0 Å². The van der Waals surface area contributed by atoms with Crippen LogP contribution >= 0.6 is 15.9 Å². The molecule has 2 N–H and O–H groups in total. The minimum absolute atomic E-state index is 0.159. The Balaban J connectivity index is 2.49. The first-order chi connectivity index (χ1) is 7.63. The van der Waals surface area contributed by atoms with Gasteiger partial charge in [0.2, 0.25) is 0 Å². The summed E-state index contributed by atoms with van der Waals surface area (Å²) in [5.41, 5.74) is 0.781. The minimum atomic E-state index is -0.159. The third-order valence-corrected chi connectivity index (χ3v) is 2.91. The summed E-state index contributed by atoms with van der Waals surface area (Å²) in [6, 6.07) is 7.59. The van der Waals surface area contributed by atoms with Gasteiger partial charge in [-0.2, -0.15) is 0 Å². The Morgan fingerprint density at radius 3 is 2.75 bits per heavy atom. The molecule has 0 saturated heterocycles. The number of nitrogens with one attached hydrogen (secondary N) is 2. The summed E-state index contributed by atoms with van der Waals surface area (Å²) in [7, 11) is 0. The Morgan fingerprint density at radius 2 is 2.12 bits per heavy atom. The van der Waals surface area contributed by atoms with Crippen molar-refractivity contribution in [2.45, 2.75) is 32.7 Å². The lowest BCUT2D eigenvalue weighted by atomic mass is 10.2. The Bertz CT molecular complexity index is 355. The second-order valence-corrected chi connectivity index (χ2v) is 4.62. The number of anilines is 1. The Hall–Kier alpha value is -1.03. The Kier molecular flexibility index (Phi) is 5.32. The Labute approximate surface area is 105 Å². The smallest absolute Gasteiger partial charge is 0.319 e. The van der Waals surface area contributed by atoms with Gasteiger partial charge in [-0.1, -0.05) is 25.5 Å². The van der Waals surface area contributed by atoms with E-state index in [1.165, 1.54) is 0 Å². The number of rotatable bonds is 4. The van der Waals surface area contributed by atoms with Crippen molar-refractivity contribution < 1.29 is 4.79 Å². The standard InChI is InChI=1S/C12H17BrN2O/c1-3-6-9(2)14-12(16)15-11-8-5-4-7-10(11)13/h4-5,7-9H,3,6H2,1-2H3,(H2,14,15,16)/t9-/m0/s1.